The van der Waals surface area contributed by atoms with Crippen LogP contribution in [-0.2, 0) is 30.7 Å². The van der Waals surface area contributed by atoms with Gasteiger partial charge in [0.2, 0.25) is 16.8 Å². The lowest BCUT2D eigenvalue weighted by atomic mass is 10.0. The summed E-state index contributed by atoms with van der Waals surface area (Å²) in [5.41, 5.74) is 1.53. The van der Waals surface area contributed by atoms with Crippen molar-refractivity contribution in [3.63, 3.8) is 0 Å². The Kier molecular flexibility index (Phi) is 10.7. The van der Waals surface area contributed by atoms with Crippen molar-refractivity contribution in [3.05, 3.63) is 78.4 Å². The van der Waals surface area contributed by atoms with Crippen LogP contribution in [0.3, 0.4) is 0 Å². The zero-order valence-electron chi connectivity index (χ0n) is 26.7. The Morgan fingerprint density at radius 3 is 2.50 bits per heavy atom. The highest BCUT2D eigenvalue weighted by Gasteiger charge is 2.39. The summed E-state index contributed by atoms with van der Waals surface area (Å²) in [6, 6.07) is 18.9. The van der Waals surface area contributed by atoms with Crippen molar-refractivity contribution in [1.29, 1.82) is 0 Å². The number of cyclic esters (lactones) is 1. The molecule has 5 rings (SSSR count). The Labute approximate surface area is 278 Å². The molecule has 48 heavy (non-hydrogen) atoms. The number of anilines is 2. The van der Waals surface area contributed by atoms with E-state index in [1.165, 1.54) is 40.6 Å². The maximum Gasteiger partial charge on any atom is 0.415 e. The molecule has 3 aromatic rings. The van der Waals surface area contributed by atoms with E-state index in [1.807, 2.05) is 44.2 Å². The van der Waals surface area contributed by atoms with E-state index in [4.69, 9.17) is 14.2 Å². The molecule has 1 saturated heterocycles. The number of ether oxygens (including phenoxy) is 4. The molecule has 1 fully saturated rings. The first-order chi connectivity index (χ1) is 22.9. The smallest absolute Gasteiger partial charge is 0.415 e. The van der Waals surface area contributed by atoms with E-state index in [9.17, 15) is 27.9 Å². The van der Waals surface area contributed by atoms with Crippen molar-refractivity contribution in [2.75, 3.05) is 43.8 Å². The van der Waals surface area contributed by atoms with E-state index in [0.29, 0.717) is 22.9 Å². The number of rotatable bonds is 13. The fraction of sp³-hybridized carbons (Fsp3) is 0.364. The summed E-state index contributed by atoms with van der Waals surface area (Å²) in [5, 5.41) is 16.9. The van der Waals surface area contributed by atoms with Crippen LogP contribution in [0.15, 0.2) is 77.7 Å². The second-order valence-electron chi connectivity index (χ2n) is 11.8. The van der Waals surface area contributed by atoms with Gasteiger partial charge in [-0.15, -0.1) is 0 Å². The molecule has 0 aromatic heterocycles. The average molecular weight is 683 g/mol. The van der Waals surface area contributed by atoms with Gasteiger partial charge in [-0.25, -0.2) is 18.0 Å². The summed E-state index contributed by atoms with van der Waals surface area (Å²) in [6.07, 6.45) is -3.88. The fourth-order valence-corrected chi connectivity index (χ4v) is 7.00. The summed E-state index contributed by atoms with van der Waals surface area (Å²) < 4.78 is 49.6. The summed E-state index contributed by atoms with van der Waals surface area (Å²) in [6.45, 7) is 3.33. The van der Waals surface area contributed by atoms with Crippen LogP contribution in [0.2, 0.25) is 0 Å². The highest BCUT2D eigenvalue weighted by Crippen LogP contribution is 2.35. The first kappa shape index (κ1) is 34.5. The van der Waals surface area contributed by atoms with Crippen LogP contribution in [0.4, 0.5) is 21.0 Å². The van der Waals surface area contributed by atoms with Gasteiger partial charge in [0.1, 0.15) is 0 Å². The van der Waals surface area contributed by atoms with E-state index >= 15 is 0 Å². The van der Waals surface area contributed by atoms with Gasteiger partial charge in [-0.2, -0.15) is 4.31 Å². The largest absolute Gasteiger partial charge is 0.454 e. The lowest BCUT2D eigenvalue weighted by molar-refractivity contribution is -0.129. The van der Waals surface area contributed by atoms with E-state index in [0.717, 1.165) is 5.56 Å². The number of amides is 3. The van der Waals surface area contributed by atoms with Gasteiger partial charge < -0.3 is 29.4 Å². The summed E-state index contributed by atoms with van der Waals surface area (Å²) >= 11 is 0. The van der Waals surface area contributed by atoms with Gasteiger partial charge in [-0.3, -0.25) is 15.0 Å². The van der Waals surface area contributed by atoms with Crippen LogP contribution < -0.4 is 25.0 Å². The number of sulfonamides is 1. The average Bonchev–Trinajstić information content (AvgIpc) is 3.70. The molecule has 0 saturated carbocycles. The van der Waals surface area contributed by atoms with Gasteiger partial charge in [0.15, 0.2) is 17.6 Å². The first-order valence-corrected chi connectivity index (χ1v) is 16.7. The van der Waals surface area contributed by atoms with Crippen LogP contribution in [0.25, 0.3) is 0 Å². The summed E-state index contributed by atoms with van der Waals surface area (Å²) in [4.78, 5) is 39.2. The summed E-state index contributed by atoms with van der Waals surface area (Å²) in [7, 11) is -2.88. The second kappa shape index (κ2) is 14.9. The van der Waals surface area contributed by atoms with Crippen molar-refractivity contribution >= 4 is 39.5 Å². The van der Waals surface area contributed by atoms with E-state index < -0.39 is 46.4 Å². The maximum absolute atomic E-state index is 13.9. The number of hydrogen-bond acceptors (Lipinski definition) is 10. The van der Waals surface area contributed by atoms with Gasteiger partial charge in [-0.1, -0.05) is 50.2 Å². The van der Waals surface area contributed by atoms with Gasteiger partial charge in [0.25, 0.3) is 5.91 Å². The van der Waals surface area contributed by atoms with E-state index in [1.54, 1.807) is 18.2 Å². The number of methoxy groups -OCH3 is 1. The molecule has 2 aliphatic rings. The van der Waals surface area contributed by atoms with Crippen LogP contribution >= 0.6 is 0 Å². The van der Waals surface area contributed by atoms with Crippen molar-refractivity contribution in [2.24, 2.45) is 5.92 Å². The third-order valence-electron chi connectivity index (χ3n) is 7.73. The molecule has 256 valence electrons. The Morgan fingerprint density at radius 2 is 1.77 bits per heavy atom. The number of hydrogen-bond donors (Lipinski definition) is 3. The highest BCUT2D eigenvalue weighted by molar-refractivity contribution is 7.89. The molecule has 3 N–H and O–H groups in total. The predicted octanol–water partition coefficient (Wildman–Crippen LogP) is 3.35. The third-order valence-corrected chi connectivity index (χ3v) is 9.55. The zero-order chi connectivity index (χ0) is 34.4. The molecule has 14 nitrogen and oxygen atoms in total. The molecule has 0 radical (unpaired) electrons. The monoisotopic (exact) mass is 682 g/mol. The molecule has 3 aromatic carbocycles. The minimum atomic E-state index is -4.11. The van der Waals surface area contributed by atoms with E-state index in [2.05, 4.69) is 15.4 Å². The minimum absolute atomic E-state index is 0.0127. The van der Waals surface area contributed by atoms with Crippen molar-refractivity contribution in [2.45, 2.75) is 43.4 Å². The maximum atomic E-state index is 13.9. The normalized spacial score (nSPS) is 16.8. The van der Waals surface area contributed by atoms with Crippen LogP contribution in [-0.4, -0.2) is 87.7 Å². The molecule has 2 heterocycles. The van der Waals surface area contributed by atoms with Gasteiger partial charge in [0, 0.05) is 30.5 Å². The molecular weight excluding hydrogens is 644 g/mol. The van der Waals surface area contributed by atoms with Crippen LogP contribution in [0.1, 0.15) is 19.4 Å². The Bertz CT molecular complexity index is 1740. The number of fused-ring (bicyclic) bond motifs is 1. The number of carbonyl (C=O) groups is 3. The number of benzene rings is 3. The lowest BCUT2D eigenvalue weighted by Crippen LogP contribution is -2.53. The second-order valence-corrected chi connectivity index (χ2v) is 13.7. The topological polar surface area (TPSA) is 173 Å². The number of aliphatic hydroxyl groups excluding tert-OH is 1. The Morgan fingerprint density at radius 1 is 1.02 bits per heavy atom. The van der Waals surface area contributed by atoms with Crippen LogP contribution in [0, 0.1) is 5.92 Å². The molecule has 15 heteroatoms. The van der Waals surface area contributed by atoms with Gasteiger partial charge >= 0.3 is 12.2 Å². The van der Waals surface area contributed by atoms with Crippen molar-refractivity contribution in [1.82, 2.24) is 9.62 Å². The quantitative estimate of drug-likeness (QED) is 0.243. The SMILES string of the molecule is COC(=O)Nc1cccc(N2C[C@@H](C(=O)N[C@@H](Cc3ccccc3)[C@H](O)CN(CC(C)C)S(=O)(=O)c3ccc4c(c3)OCO4)OC2=O)c1. The molecule has 0 unspecified atom stereocenters. The molecule has 3 atom stereocenters. The standard InChI is InChI=1S/C33H38N4O10S/c1-21(2)17-36(48(42,43)25-12-13-28-29(16-25)46-20-45-28)18-27(38)26(14-22-8-5-4-6-9-22)35-31(39)30-19-37(33(41)47-30)24-11-7-10-23(15-24)34-32(40)44-3/h4-13,15-16,21,26-27,30,38H,14,17-20H2,1-3H3,(H,34,40)(H,35,39)/t26-,27+,30-/m0/s1. The summed E-state index contributed by atoms with van der Waals surface area (Å²) in [5.74, 6) is -0.00853. The molecule has 0 spiro atoms. The minimum Gasteiger partial charge on any atom is -0.454 e. The zero-order valence-corrected chi connectivity index (χ0v) is 27.5. The Balaban J connectivity index is 1.34. The van der Waals surface area contributed by atoms with E-state index in [-0.39, 0.29) is 43.7 Å². The predicted molar refractivity (Wildman–Crippen MR) is 174 cm³/mol. The van der Waals surface area contributed by atoms with Gasteiger partial charge in [-0.05, 0) is 48.2 Å². The molecular formula is C33H38N4O10S. The van der Waals surface area contributed by atoms with Crippen molar-refractivity contribution < 1.29 is 46.9 Å². The van der Waals surface area contributed by atoms with Crippen LogP contribution in [0.5, 0.6) is 11.5 Å². The Hall–Kier alpha value is -4.86. The molecule has 2 aliphatic heterocycles. The lowest BCUT2D eigenvalue weighted by Gasteiger charge is -2.31. The van der Waals surface area contributed by atoms with Crippen molar-refractivity contribution in [3.8, 4) is 11.5 Å². The number of nitrogens with one attached hydrogen (secondary N) is 2. The van der Waals surface area contributed by atoms with Gasteiger partial charge in [0.05, 0.1) is 30.7 Å². The highest BCUT2D eigenvalue weighted by atomic mass is 32.2. The first-order valence-electron chi connectivity index (χ1n) is 15.3. The molecule has 0 bridgehead atoms. The number of aliphatic hydroxyl groups is 1. The number of carbonyl (C=O) groups excluding carboxylic acids is 3. The fourth-order valence-electron chi connectivity index (χ4n) is 5.36. The number of nitrogens with zero attached hydrogens (tertiary/aromatic N) is 2. The third kappa shape index (κ3) is 8.16. The molecule has 3 amide bonds. The molecule has 0 aliphatic carbocycles.